The van der Waals surface area contributed by atoms with Crippen molar-refractivity contribution >= 4 is 5.91 Å². The third-order valence-electron chi connectivity index (χ3n) is 3.26. The molecule has 0 bridgehead atoms. The Labute approximate surface area is 98.9 Å². The SMILES string of the molecule is O=C(NC1(CO)CCCC1)c1ccncc1F. The van der Waals surface area contributed by atoms with Gasteiger partial charge in [-0.25, -0.2) is 4.39 Å². The minimum Gasteiger partial charge on any atom is -0.394 e. The van der Waals surface area contributed by atoms with E-state index in [-0.39, 0.29) is 12.2 Å². The van der Waals surface area contributed by atoms with Crippen LogP contribution in [0.2, 0.25) is 0 Å². The molecule has 0 radical (unpaired) electrons. The molecule has 1 aliphatic rings. The van der Waals surface area contributed by atoms with Crippen LogP contribution in [0.15, 0.2) is 18.5 Å². The first-order chi connectivity index (χ1) is 8.17. The number of aromatic nitrogens is 1. The number of nitrogens with zero attached hydrogens (tertiary/aromatic N) is 1. The molecule has 1 fully saturated rings. The second kappa shape index (κ2) is 4.79. The van der Waals surface area contributed by atoms with E-state index in [2.05, 4.69) is 10.3 Å². The lowest BCUT2D eigenvalue weighted by molar-refractivity contribution is 0.0834. The molecule has 1 saturated carbocycles. The molecule has 2 N–H and O–H groups in total. The number of nitrogens with one attached hydrogen (secondary N) is 1. The first-order valence-electron chi connectivity index (χ1n) is 5.70. The van der Waals surface area contributed by atoms with Gasteiger partial charge in [0.25, 0.3) is 5.91 Å². The van der Waals surface area contributed by atoms with Crippen LogP contribution in [0.1, 0.15) is 36.0 Å². The van der Waals surface area contributed by atoms with Gasteiger partial charge in [-0.15, -0.1) is 0 Å². The standard InChI is InChI=1S/C12H15FN2O2/c13-10-7-14-6-3-9(10)11(17)15-12(8-16)4-1-2-5-12/h3,6-7,16H,1-2,4-5,8H2,(H,15,17). The molecule has 17 heavy (non-hydrogen) atoms. The van der Waals surface area contributed by atoms with E-state index < -0.39 is 17.3 Å². The number of rotatable bonds is 3. The van der Waals surface area contributed by atoms with Gasteiger partial charge in [0.15, 0.2) is 5.82 Å². The molecule has 92 valence electrons. The van der Waals surface area contributed by atoms with Crippen molar-refractivity contribution in [2.45, 2.75) is 31.2 Å². The van der Waals surface area contributed by atoms with E-state index >= 15 is 0 Å². The molecule has 0 spiro atoms. The van der Waals surface area contributed by atoms with Crippen molar-refractivity contribution in [2.24, 2.45) is 0 Å². The van der Waals surface area contributed by atoms with E-state index in [1.54, 1.807) is 0 Å². The van der Waals surface area contributed by atoms with Gasteiger partial charge in [0, 0.05) is 6.20 Å². The van der Waals surface area contributed by atoms with E-state index in [1.165, 1.54) is 12.3 Å². The Hall–Kier alpha value is -1.49. The minimum absolute atomic E-state index is 0.0280. The first-order valence-corrected chi connectivity index (χ1v) is 5.70. The molecule has 1 aromatic rings. The van der Waals surface area contributed by atoms with Crippen molar-refractivity contribution in [3.05, 3.63) is 29.8 Å². The smallest absolute Gasteiger partial charge is 0.254 e. The lowest BCUT2D eigenvalue weighted by Gasteiger charge is -2.27. The molecule has 0 unspecified atom stereocenters. The maximum atomic E-state index is 13.4. The van der Waals surface area contributed by atoms with Crippen LogP contribution in [0.3, 0.4) is 0 Å². The summed E-state index contributed by atoms with van der Waals surface area (Å²) in [7, 11) is 0. The Bertz CT molecular complexity index is 417. The number of aliphatic hydroxyl groups is 1. The lowest BCUT2D eigenvalue weighted by atomic mass is 9.98. The fourth-order valence-electron chi connectivity index (χ4n) is 2.24. The van der Waals surface area contributed by atoms with Crippen LogP contribution < -0.4 is 5.32 Å². The highest BCUT2D eigenvalue weighted by Gasteiger charge is 2.35. The normalized spacial score (nSPS) is 18.0. The monoisotopic (exact) mass is 238 g/mol. The first kappa shape index (κ1) is 12.0. The van der Waals surface area contributed by atoms with Crippen molar-refractivity contribution < 1.29 is 14.3 Å². The average molecular weight is 238 g/mol. The van der Waals surface area contributed by atoms with E-state index in [9.17, 15) is 14.3 Å². The maximum Gasteiger partial charge on any atom is 0.254 e. The number of carbonyl (C=O) groups excluding carboxylic acids is 1. The Morgan fingerprint density at radius 3 is 2.82 bits per heavy atom. The number of pyridine rings is 1. The lowest BCUT2D eigenvalue weighted by Crippen LogP contribution is -2.49. The quantitative estimate of drug-likeness (QED) is 0.833. The Kier molecular flexibility index (Phi) is 3.38. The highest BCUT2D eigenvalue weighted by Crippen LogP contribution is 2.29. The summed E-state index contributed by atoms with van der Waals surface area (Å²) in [5.74, 6) is -1.13. The Morgan fingerprint density at radius 1 is 1.53 bits per heavy atom. The highest BCUT2D eigenvalue weighted by atomic mass is 19.1. The molecule has 1 heterocycles. The molecule has 1 aromatic heterocycles. The number of hydrogen-bond donors (Lipinski definition) is 2. The number of carbonyl (C=O) groups is 1. The summed E-state index contributed by atoms with van der Waals surface area (Å²) >= 11 is 0. The summed E-state index contributed by atoms with van der Waals surface area (Å²) in [4.78, 5) is 15.5. The summed E-state index contributed by atoms with van der Waals surface area (Å²) in [5, 5.41) is 12.1. The fraction of sp³-hybridized carbons (Fsp3) is 0.500. The van der Waals surface area contributed by atoms with Gasteiger partial charge >= 0.3 is 0 Å². The van der Waals surface area contributed by atoms with Crippen LogP contribution in [0.4, 0.5) is 4.39 Å². The van der Waals surface area contributed by atoms with Crippen LogP contribution in [0, 0.1) is 5.82 Å². The van der Waals surface area contributed by atoms with Gasteiger partial charge in [0.2, 0.25) is 0 Å². The van der Waals surface area contributed by atoms with Crippen molar-refractivity contribution in [1.29, 1.82) is 0 Å². The topological polar surface area (TPSA) is 62.2 Å². The van der Waals surface area contributed by atoms with Crippen molar-refractivity contribution in [3.63, 3.8) is 0 Å². The van der Waals surface area contributed by atoms with Crippen LogP contribution in [0.5, 0.6) is 0 Å². The molecule has 0 aromatic carbocycles. The van der Waals surface area contributed by atoms with Crippen molar-refractivity contribution in [1.82, 2.24) is 10.3 Å². The molecule has 4 nitrogen and oxygen atoms in total. The number of hydrogen-bond acceptors (Lipinski definition) is 3. The molecule has 0 atom stereocenters. The predicted molar refractivity (Wildman–Crippen MR) is 59.9 cm³/mol. The molecule has 0 saturated heterocycles. The van der Waals surface area contributed by atoms with Gasteiger partial charge in [0.1, 0.15) is 0 Å². The largest absolute Gasteiger partial charge is 0.394 e. The zero-order chi connectivity index (χ0) is 12.3. The van der Waals surface area contributed by atoms with Gasteiger partial charge in [-0.05, 0) is 18.9 Å². The molecule has 1 amide bonds. The molecular weight excluding hydrogens is 223 g/mol. The van der Waals surface area contributed by atoms with Crippen LogP contribution in [0.25, 0.3) is 0 Å². The third-order valence-corrected chi connectivity index (χ3v) is 3.26. The molecule has 5 heteroatoms. The zero-order valence-electron chi connectivity index (χ0n) is 9.45. The molecular formula is C12H15FN2O2. The highest BCUT2D eigenvalue weighted by molar-refractivity contribution is 5.94. The third kappa shape index (κ3) is 2.44. The van der Waals surface area contributed by atoms with Crippen molar-refractivity contribution in [2.75, 3.05) is 6.61 Å². The second-order valence-electron chi connectivity index (χ2n) is 4.46. The fourth-order valence-corrected chi connectivity index (χ4v) is 2.24. The summed E-state index contributed by atoms with van der Waals surface area (Å²) in [6.45, 7) is -0.106. The summed E-state index contributed by atoms with van der Waals surface area (Å²) in [6.07, 6.45) is 5.80. The van der Waals surface area contributed by atoms with Gasteiger partial charge in [-0.1, -0.05) is 12.8 Å². The number of amides is 1. The summed E-state index contributed by atoms with van der Waals surface area (Å²) in [6, 6.07) is 1.34. The van der Waals surface area contributed by atoms with Crippen LogP contribution in [-0.4, -0.2) is 28.1 Å². The summed E-state index contributed by atoms with van der Waals surface area (Å²) in [5.41, 5.74) is -0.605. The van der Waals surface area contributed by atoms with E-state index in [1.807, 2.05) is 0 Å². The Morgan fingerprint density at radius 2 is 2.24 bits per heavy atom. The Balaban J connectivity index is 2.14. The molecule has 0 aliphatic heterocycles. The van der Waals surface area contributed by atoms with Crippen LogP contribution >= 0.6 is 0 Å². The van der Waals surface area contributed by atoms with E-state index in [4.69, 9.17) is 0 Å². The van der Waals surface area contributed by atoms with E-state index in [0.717, 1.165) is 31.9 Å². The van der Waals surface area contributed by atoms with Crippen molar-refractivity contribution in [3.8, 4) is 0 Å². The minimum atomic E-state index is -0.643. The maximum absolute atomic E-state index is 13.4. The van der Waals surface area contributed by atoms with E-state index in [0.29, 0.717) is 0 Å². The zero-order valence-corrected chi connectivity index (χ0v) is 9.45. The van der Waals surface area contributed by atoms with Gasteiger partial charge in [-0.3, -0.25) is 9.78 Å². The van der Waals surface area contributed by atoms with Gasteiger partial charge in [0.05, 0.1) is 23.9 Å². The summed E-state index contributed by atoms with van der Waals surface area (Å²) < 4.78 is 13.4. The van der Waals surface area contributed by atoms with Gasteiger partial charge < -0.3 is 10.4 Å². The number of halogens is 1. The van der Waals surface area contributed by atoms with Gasteiger partial charge in [-0.2, -0.15) is 0 Å². The van der Waals surface area contributed by atoms with Crippen LogP contribution in [-0.2, 0) is 0 Å². The average Bonchev–Trinajstić information content (AvgIpc) is 2.79. The molecule has 1 aliphatic carbocycles. The predicted octanol–water partition coefficient (Wildman–Crippen LogP) is 1.26. The number of aliphatic hydroxyl groups excluding tert-OH is 1. The second-order valence-corrected chi connectivity index (χ2v) is 4.46. The molecule has 2 rings (SSSR count).